The van der Waals surface area contributed by atoms with Crippen LogP contribution in [0.4, 0.5) is 19.3 Å². The predicted octanol–water partition coefficient (Wildman–Crippen LogP) is 5.71. The Balaban J connectivity index is 1.67. The number of carboxylic acid groups (broad SMARTS) is 1. The zero-order valence-corrected chi connectivity index (χ0v) is 18.7. The third-order valence-electron chi connectivity index (χ3n) is 5.80. The van der Waals surface area contributed by atoms with Crippen LogP contribution in [0.15, 0.2) is 36.5 Å². The highest BCUT2D eigenvalue weighted by molar-refractivity contribution is 5.86. The molecule has 1 aromatic heterocycles. The highest BCUT2D eigenvalue weighted by Crippen LogP contribution is 2.35. The summed E-state index contributed by atoms with van der Waals surface area (Å²) in [6.07, 6.45) is 3.36. The van der Waals surface area contributed by atoms with E-state index in [1.165, 1.54) is 11.0 Å². The predicted molar refractivity (Wildman–Crippen MR) is 122 cm³/mol. The lowest BCUT2D eigenvalue weighted by Gasteiger charge is -2.34. The molecule has 9 heteroatoms. The van der Waals surface area contributed by atoms with Gasteiger partial charge < -0.3 is 20.1 Å². The van der Waals surface area contributed by atoms with Crippen LogP contribution < -0.4 is 10.1 Å². The Bertz CT molecular complexity index is 1150. The lowest BCUT2D eigenvalue weighted by Crippen LogP contribution is -2.46. The average molecular weight is 459 g/mol. The molecule has 1 unspecified atom stereocenters. The van der Waals surface area contributed by atoms with Gasteiger partial charge in [-0.3, -0.25) is 4.68 Å². The second kappa shape index (κ2) is 9.64. The van der Waals surface area contributed by atoms with E-state index in [1.54, 1.807) is 12.3 Å². The number of aromatic nitrogens is 2. The van der Waals surface area contributed by atoms with E-state index >= 15 is 0 Å². The molecule has 2 N–H and O–H groups in total. The minimum atomic E-state index is -0.934. The molecule has 176 valence electrons. The molecule has 4 rings (SSSR count). The summed E-state index contributed by atoms with van der Waals surface area (Å²) >= 11 is 0. The zero-order chi connectivity index (χ0) is 23.5. The number of likely N-dealkylation sites (tertiary alicyclic amines) is 1. The van der Waals surface area contributed by atoms with E-state index in [0.29, 0.717) is 30.4 Å². The summed E-state index contributed by atoms with van der Waals surface area (Å²) in [6, 6.07) is 6.62. The maximum Gasteiger partial charge on any atom is 0.407 e. The summed E-state index contributed by atoms with van der Waals surface area (Å²) in [7, 11) is 0. The van der Waals surface area contributed by atoms with Gasteiger partial charge in [0.15, 0.2) is 17.3 Å². The number of hydrogen-bond acceptors (Lipinski definition) is 4. The molecule has 0 bridgehead atoms. The molecular formula is C24H28F2N4O3. The fourth-order valence-corrected chi connectivity index (χ4v) is 4.19. The molecule has 1 amide bonds. The number of carbonyl (C=O) groups is 1. The molecule has 1 atom stereocenters. The third-order valence-corrected chi connectivity index (χ3v) is 5.80. The monoisotopic (exact) mass is 458 g/mol. The van der Waals surface area contributed by atoms with Crippen molar-refractivity contribution in [3.63, 3.8) is 0 Å². The maximum atomic E-state index is 14.3. The topological polar surface area (TPSA) is 79.6 Å². The van der Waals surface area contributed by atoms with E-state index in [2.05, 4.69) is 24.3 Å². The van der Waals surface area contributed by atoms with E-state index in [0.717, 1.165) is 48.8 Å². The minimum absolute atomic E-state index is 0.0989. The van der Waals surface area contributed by atoms with Crippen molar-refractivity contribution in [2.75, 3.05) is 18.4 Å². The Hall–Kier alpha value is -3.36. The molecule has 7 nitrogen and oxygen atoms in total. The molecule has 0 saturated carbocycles. The van der Waals surface area contributed by atoms with Gasteiger partial charge in [-0.05, 0) is 49.4 Å². The number of nitrogens with zero attached hydrogens (tertiary/aromatic N) is 3. The van der Waals surface area contributed by atoms with Crippen LogP contribution in [-0.2, 0) is 6.54 Å². The van der Waals surface area contributed by atoms with Crippen LogP contribution in [0.1, 0.15) is 33.1 Å². The normalized spacial score (nSPS) is 16.4. The molecule has 2 heterocycles. The van der Waals surface area contributed by atoms with Gasteiger partial charge in [0.25, 0.3) is 0 Å². The number of amides is 1. The Morgan fingerprint density at radius 1 is 1.24 bits per heavy atom. The molecule has 33 heavy (non-hydrogen) atoms. The van der Waals surface area contributed by atoms with Gasteiger partial charge in [0, 0.05) is 31.1 Å². The van der Waals surface area contributed by atoms with Gasteiger partial charge in [0.05, 0.1) is 23.4 Å². The lowest BCUT2D eigenvalue weighted by molar-refractivity contribution is 0.110. The van der Waals surface area contributed by atoms with Crippen molar-refractivity contribution in [1.29, 1.82) is 0 Å². The number of anilines is 1. The molecule has 0 radical (unpaired) electrons. The Labute approximate surface area is 190 Å². The number of hydrogen-bond donors (Lipinski definition) is 2. The SMILES string of the molecule is CC(C)Cn1ncc2cc(Oc3ccc(F)cc3F)c(NCC3CCCCN3C(=O)O)cc21. The first kappa shape index (κ1) is 22.8. The maximum absolute atomic E-state index is 14.3. The van der Waals surface area contributed by atoms with Gasteiger partial charge in [-0.1, -0.05) is 13.8 Å². The zero-order valence-electron chi connectivity index (χ0n) is 18.7. The van der Waals surface area contributed by atoms with E-state index in [9.17, 15) is 18.7 Å². The van der Waals surface area contributed by atoms with E-state index in [-0.39, 0.29) is 11.8 Å². The van der Waals surface area contributed by atoms with Crippen molar-refractivity contribution in [3.05, 3.63) is 48.2 Å². The number of piperidine rings is 1. The van der Waals surface area contributed by atoms with Crippen LogP contribution in [0.5, 0.6) is 11.5 Å². The highest BCUT2D eigenvalue weighted by atomic mass is 19.1. The first-order valence-corrected chi connectivity index (χ1v) is 11.2. The van der Waals surface area contributed by atoms with E-state index < -0.39 is 17.7 Å². The smallest absolute Gasteiger partial charge is 0.407 e. The number of benzene rings is 2. The number of halogens is 2. The van der Waals surface area contributed by atoms with Gasteiger partial charge in [0.1, 0.15) is 5.82 Å². The van der Waals surface area contributed by atoms with Crippen molar-refractivity contribution < 1.29 is 23.4 Å². The van der Waals surface area contributed by atoms with Crippen LogP contribution in [0.25, 0.3) is 10.9 Å². The lowest BCUT2D eigenvalue weighted by atomic mass is 10.0. The van der Waals surface area contributed by atoms with Crippen molar-refractivity contribution in [2.45, 2.75) is 45.7 Å². The van der Waals surface area contributed by atoms with Crippen LogP contribution in [0.2, 0.25) is 0 Å². The standard InChI is InChI=1S/C24H28F2N4O3/c1-15(2)14-30-21-11-20(27-13-18-5-3-4-8-29(18)24(31)32)23(9-16(21)12-28-30)33-22-7-6-17(25)10-19(22)26/h6-7,9-12,15,18,27H,3-5,8,13-14H2,1-2H3,(H,31,32). The van der Waals surface area contributed by atoms with E-state index in [4.69, 9.17) is 4.74 Å². The van der Waals surface area contributed by atoms with Gasteiger partial charge in [-0.2, -0.15) is 5.10 Å². The summed E-state index contributed by atoms with van der Waals surface area (Å²) in [5.74, 6) is -0.844. The van der Waals surface area contributed by atoms with Gasteiger partial charge in [0.2, 0.25) is 0 Å². The van der Waals surface area contributed by atoms with Gasteiger partial charge in [-0.15, -0.1) is 0 Å². The fraction of sp³-hybridized carbons (Fsp3) is 0.417. The van der Waals surface area contributed by atoms with Crippen LogP contribution in [0.3, 0.4) is 0 Å². The summed E-state index contributed by atoms with van der Waals surface area (Å²) < 4.78 is 35.3. The van der Waals surface area contributed by atoms with Crippen LogP contribution >= 0.6 is 0 Å². The summed E-state index contributed by atoms with van der Waals surface area (Å²) in [4.78, 5) is 13.1. The molecule has 0 aliphatic carbocycles. The summed E-state index contributed by atoms with van der Waals surface area (Å²) in [5.41, 5.74) is 1.48. The Morgan fingerprint density at radius 3 is 2.79 bits per heavy atom. The first-order valence-electron chi connectivity index (χ1n) is 11.2. The largest absolute Gasteiger partial charge is 0.465 e. The quantitative estimate of drug-likeness (QED) is 0.474. The molecule has 1 aliphatic rings. The summed E-state index contributed by atoms with van der Waals surface area (Å²) in [5, 5.41) is 18.1. The van der Waals surface area contributed by atoms with Crippen molar-refractivity contribution in [2.24, 2.45) is 5.92 Å². The first-order chi connectivity index (χ1) is 15.8. The molecule has 3 aromatic rings. The Morgan fingerprint density at radius 2 is 2.06 bits per heavy atom. The fourth-order valence-electron chi connectivity index (χ4n) is 4.19. The second-order valence-corrected chi connectivity index (χ2v) is 8.81. The molecule has 1 aliphatic heterocycles. The molecule has 2 aromatic carbocycles. The minimum Gasteiger partial charge on any atom is -0.465 e. The van der Waals surface area contributed by atoms with Crippen LogP contribution in [0, 0.1) is 17.6 Å². The second-order valence-electron chi connectivity index (χ2n) is 8.81. The van der Waals surface area contributed by atoms with E-state index in [1.807, 2.05) is 10.7 Å². The van der Waals surface area contributed by atoms with Crippen LogP contribution in [-0.4, -0.2) is 45.0 Å². The average Bonchev–Trinajstić information content (AvgIpc) is 3.15. The van der Waals surface area contributed by atoms with Crippen molar-refractivity contribution in [1.82, 2.24) is 14.7 Å². The summed E-state index contributed by atoms with van der Waals surface area (Å²) in [6.45, 7) is 5.83. The molecule has 1 saturated heterocycles. The van der Waals surface area contributed by atoms with Gasteiger partial charge in [-0.25, -0.2) is 13.6 Å². The van der Waals surface area contributed by atoms with Gasteiger partial charge >= 0.3 is 6.09 Å². The molecular weight excluding hydrogens is 430 g/mol. The number of nitrogens with one attached hydrogen (secondary N) is 1. The molecule has 0 spiro atoms. The third kappa shape index (κ3) is 5.18. The highest BCUT2D eigenvalue weighted by Gasteiger charge is 2.26. The number of rotatable bonds is 7. The number of fused-ring (bicyclic) bond motifs is 1. The molecule has 1 fully saturated rings. The van der Waals surface area contributed by atoms with Crippen molar-refractivity contribution >= 4 is 22.7 Å². The Kier molecular flexibility index (Phi) is 6.67. The number of ether oxygens (including phenoxy) is 1. The van der Waals surface area contributed by atoms with Crippen molar-refractivity contribution in [3.8, 4) is 11.5 Å².